The molecule has 2 rings (SSSR count). The third-order valence-corrected chi connectivity index (χ3v) is 2.79. The second kappa shape index (κ2) is 4.79. The van der Waals surface area contributed by atoms with E-state index in [2.05, 4.69) is 10.1 Å². The largest absolute Gasteiger partial charge is 0.467 e. The Morgan fingerprint density at radius 1 is 1.26 bits per heavy atom. The van der Waals surface area contributed by atoms with E-state index in [1.807, 2.05) is 0 Å². The fourth-order valence-corrected chi connectivity index (χ4v) is 1.90. The van der Waals surface area contributed by atoms with Crippen LogP contribution in [-0.2, 0) is 15.1 Å². The first-order valence-electron chi connectivity index (χ1n) is 5.37. The van der Waals surface area contributed by atoms with Crippen LogP contribution in [0.2, 0.25) is 0 Å². The third-order valence-electron chi connectivity index (χ3n) is 2.79. The van der Waals surface area contributed by atoms with Gasteiger partial charge in [-0.05, 0) is 24.3 Å². The van der Waals surface area contributed by atoms with Gasteiger partial charge in [0.2, 0.25) is 0 Å². The van der Waals surface area contributed by atoms with Crippen molar-refractivity contribution in [3.63, 3.8) is 0 Å². The Balaban J connectivity index is 2.64. The van der Waals surface area contributed by atoms with Gasteiger partial charge in [0, 0.05) is 6.20 Å². The van der Waals surface area contributed by atoms with Gasteiger partial charge < -0.3 is 10.1 Å². The van der Waals surface area contributed by atoms with Crippen LogP contribution in [0.1, 0.15) is 5.56 Å². The van der Waals surface area contributed by atoms with E-state index in [1.54, 1.807) is 0 Å². The lowest BCUT2D eigenvalue weighted by Gasteiger charge is -2.31. The van der Waals surface area contributed by atoms with Gasteiger partial charge in [0.25, 0.3) is 0 Å². The van der Waals surface area contributed by atoms with E-state index in [1.165, 1.54) is 6.07 Å². The maximum Gasteiger partial charge on any atom is 0.340 e. The summed E-state index contributed by atoms with van der Waals surface area (Å²) in [7, 11) is 1.08. The van der Waals surface area contributed by atoms with Crippen LogP contribution in [0.4, 0.5) is 13.2 Å². The van der Waals surface area contributed by atoms with Crippen LogP contribution in [0.25, 0.3) is 0 Å². The molecule has 0 fully saturated rings. The SMILES string of the molecule is COC(=O)C1(c2c(F)cccc2F)C=CC(F)=CN1. The second-order valence-corrected chi connectivity index (χ2v) is 3.90. The summed E-state index contributed by atoms with van der Waals surface area (Å²) in [4.78, 5) is 11.9. The van der Waals surface area contributed by atoms with Crippen molar-refractivity contribution in [2.75, 3.05) is 7.11 Å². The molecular formula is C13H10F3NO2. The number of nitrogens with one attached hydrogen (secondary N) is 1. The average molecular weight is 269 g/mol. The van der Waals surface area contributed by atoms with Crippen molar-refractivity contribution in [2.45, 2.75) is 5.54 Å². The van der Waals surface area contributed by atoms with Crippen molar-refractivity contribution < 1.29 is 22.7 Å². The van der Waals surface area contributed by atoms with E-state index in [4.69, 9.17) is 0 Å². The summed E-state index contributed by atoms with van der Waals surface area (Å²) in [6.07, 6.45) is 2.82. The molecule has 0 aromatic heterocycles. The minimum Gasteiger partial charge on any atom is -0.467 e. The molecule has 0 amide bonds. The zero-order valence-electron chi connectivity index (χ0n) is 9.91. The van der Waals surface area contributed by atoms with Gasteiger partial charge in [-0.15, -0.1) is 0 Å². The molecule has 100 valence electrons. The number of allylic oxidation sites excluding steroid dienone is 2. The highest BCUT2D eigenvalue weighted by atomic mass is 19.1. The number of rotatable bonds is 2. The molecule has 1 N–H and O–H groups in total. The molecule has 0 saturated heterocycles. The lowest BCUT2D eigenvalue weighted by atomic mass is 9.87. The van der Waals surface area contributed by atoms with Gasteiger partial charge in [-0.25, -0.2) is 18.0 Å². The molecule has 1 heterocycles. The molecule has 0 bridgehead atoms. The van der Waals surface area contributed by atoms with Crippen LogP contribution < -0.4 is 5.32 Å². The number of methoxy groups -OCH3 is 1. The first-order chi connectivity index (χ1) is 9.01. The second-order valence-electron chi connectivity index (χ2n) is 3.90. The van der Waals surface area contributed by atoms with Gasteiger partial charge in [0.15, 0.2) is 5.54 Å². The van der Waals surface area contributed by atoms with Gasteiger partial charge in [0.1, 0.15) is 17.5 Å². The molecule has 1 atom stereocenters. The van der Waals surface area contributed by atoms with Crippen LogP contribution in [0.3, 0.4) is 0 Å². The molecule has 0 radical (unpaired) electrons. The standard InChI is InChI=1S/C13H10F3NO2/c1-19-12(18)13(6-5-8(14)7-17-13)11-9(15)3-2-4-10(11)16/h2-7,17H,1H3. The topological polar surface area (TPSA) is 38.3 Å². The molecule has 1 aliphatic heterocycles. The van der Waals surface area contributed by atoms with E-state index in [-0.39, 0.29) is 0 Å². The Labute approximate surface area is 107 Å². The predicted octanol–water partition coefficient (Wildman–Crippen LogP) is 2.30. The zero-order valence-corrected chi connectivity index (χ0v) is 9.91. The number of ether oxygens (including phenoxy) is 1. The molecule has 6 heteroatoms. The van der Waals surface area contributed by atoms with Crippen LogP contribution >= 0.6 is 0 Å². The monoisotopic (exact) mass is 269 g/mol. The summed E-state index contributed by atoms with van der Waals surface area (Å²) in [5.41, 5.74) is -2.46. The molecule has 3 nitrogen and oxygen atoms in total. The van der Waals surface area contributed by atoms with Gasteiger partial charge in [-0.2, -0.15) is 0 Å². The van der Waals surface area contributed by atoms with Crippen molar-refractivity contribution >= 4 is 5.97 Å². The number of benzene rings is 1. The highest BCUT2D eigenvalue weighted by Crippen LogP contribution is 2.32. The third kappa shape index (κ3) is 2.09. The number of hydrogen-bond acceptors (Lipinski definition) is 3. The molecule has 0 aliphatic carbocycles. The first kappa shape index (κ1) is 13.2. The average Bonchev–Trinajstić information content (AvgIpc) is 2.40. The van der Waals surface area contributed by atoms with E-state index >= 15 is 0 Å². The van der Waals surface area contributed by atoms with Crippen molar-refractivity contribution in [3.05, 3.63) is 59.6 Å². The molecule has 0 spiro atoms. The van der Waals surface area contributed by atoms with Crippen LogP contribution in [0.5, 0.6) is 0 Å². The Bertz CT molecular complexity index is 563. The molecule has 1 aromatic rings. The Morgan fingerprint density at radius 2 is 1.89 bits per heavy atom. The maximum absolute atomic E-state index is 13.8. The van der Waals surface area contributed by atoms with Gasteiger partial charge in [-0.1, -0.05) is 6.07 Å². The smallest absolute Gasteiger partial charge is 0.340 e. The van der Waals surface area contributed by atoms with Crippen molar-refractivity contribution in [1.82, 2.24) is 5.32 Å². The quantitative estimate of drug-likeness (QED) is 0.837. The fourth-order valence-electron chi connectivity index (χ4n) is 1.90. The summed E-state index contributed by atoms with van der Waals surface area (Å²) >= 11 is 0. The number of carbonyl (C=O) groups excluding carboxylic acids is 1. The predicted molar refractivity (Wildman–Crippen MR) is 61.5 cm³/mol. The lowest BCUT2D eigenvalue weighted by molar-refractivity contribution is -0.146. The van der Waals surface area contributed by atoms with Crippen molar-refractivity contribution in [3.8, 4) is 0 Å². The molecule has 1 aromatic carbocycles. The first-order valence-corrected chi connectivity index (χ1v) is 5.37. The van der Waals surface area contributed by atoms with E-state index in [9.17, 15) is 18.0 Å². The van der Waals surface area contributed by atoms with E-state index < -0.39 is 34.5 Å². The molecular weight excluding hydrogens is 259 g/mol. The minimum absolute atomic E-state index is 0.540. The van der Waals surface area contributed by atoms with Crippen LogP contribution in [-0.4, -0.2) is 13.1 Å². The number of hydrogen-bond donors (Lipinski definition) is 1. The zero-order chi connectivity index (χ0) is 14.0. The Kier molecular flexibility index (Phi) is 3.33. The molecule has 19 heavy (non-hydrogen) atoms. The maximum atomic E-state index is 13.8. The summed E-state index contributed by atoms with van der Waals surface area (Å²) in [6.45, 7) is 0. The lowest BCUT2D eigenvalue weighted by Crippen LogP contribution is -2.48. The minimum atomic E-state index is -1.92. The fraction of sp³-hybridized carbons (Fsp3) is 0.154. The molecule has 1 aliphatic rings. The Morgan fingerprint density at radius 3 is 2.37 bits per heavy atom. The van der Waals surface area contributed by atoms with Crippen LogP contribution in [0.15, 0.2) is 42.4 Å². The highest BCUT2D eigenvalue weighted by molar-refractivity contribution is 5.86. The van der Waals surface area contributed by atoms with Gasteiger partial charge >= 0.3 is 5.97 Å². The highest BCUT2D eigenvalue weighted by Gasteiger charge is 2.44. The number of esters is 1. The number of halogens is 3. The van der Waals surface area contributed by atoms with E-state index in [0.29, 0.717) is 0 Å². The van der Waals surface area contributed by atoms with Crippen molar-refractivity contribution in [1.29, 1.82) is 0 Å². The van der Waals surface area contributed by atoms with Crippen molar-refractivity contribution in [2.24, 2.45) is 0 Å². The summed E-state index contributed by atoms with van der Waals surface area (Å²) in [5, 5.41) is 2.35. The number of dihydropyridines is 1. The summed E-state index contributed by atoms with van der Waals surface area (Å²) in [6, 6.07) is 3.18. The summed E-state index contributed by atoms with van der Waals surface area (Å²) in [5.74, 6) is -3.48. The molecule has 1 unspecified atom stereocenters. The van der Waals surface area contributed by atoms with Gasteiger partial charge in [0.05, 0.1) is 12.7 Å². The summed E-state index contributed by atoms with van der Waals surface area (Å²) < 4.78 is 45.2. The Hall–Kier alpha value is -2.24. The number of carbonyl (C=O) groups is 1. The molecule has 0 saturated carbocycles. The van der Waals surface area contributed by atoms with Crippen LogP contribution in [0, 0.1) is 11.6 Å². The normalized spacial score (nSPS) is 21.6. The van der Waals surface area contributed by atoms with E-state index in [0.717, 1.165) is 37.6 Å². The van der Waals surface area contributed by atoms with Gasteiger partial charge in [-0.3, -0.25) is 0 Å².